The van der Waals surface area contributed by atoms with Crippen molar-refractivity contribution in [2.75, 3.05) is 13.6 Å². The molecule has 1 aliphatic rings. The predicted molar refractivity (Wildman–Crippen MR) is 67.6 cm³/mol. The largest absolute Gasteiger partial charge is 0.480 e. The zero-order chi connectivity index (χ0) is 14.6. The molecule has 2 atom stereocenters. The number of carbonyl (C=O) groups excluding carboxylic acids is 1. The van der Waals surface area contributed by atoms with E-state index in [0.29, 0.717) is 12.8 Å². The molecule has 110 valence electrons. The van der Waals surface area contributed by atoms with Crippen LogP contribution in [0.15, 0.2) is 0 Å². The van der Waals surface area contributed by atoms with Gasteiger partial charge in [-0.2, -0.15) is 17.4 Å². The van der Waals surface area contributed by atoms with Gasteiger partial charge in [0.25, 0.3) is 10.2 Å². The number of amides is 1. The summed E-state index contributed by atoms with van der Waals surface area (Å²) in [5.41, 5.74) is 0. The highest BCUT2D eigenvalue weighted by Crippen LogP contribution is 2.20. The normalized spacial score (nSPS) is 22.7. The molecule has 1 amide bonds. The van der Waals surface area contributed by atoms with Crippen molar-refractivity contribution < 1.29 is 23.1 Å². The maximum absolute atomic E-state index is 12.1. The van der Waals surface area contributed by atoms with Crippen LogP contribution in [0.4, 0.5) is 0 Å². The number of likely N-dealkylation sites (N-methyl/N-ethyl adjacent to an activating group) is 1. The third kappa shape index (κ3) is 3.88. The van der Waals surface area contributed by atoms with E-state index in [-0.39, 0.29) is 13.0 Å². The highest BCUT2D eigenvalue weighted by molar-refractivity contribution is 7.87. The molecule has 3 N–H and O–H groups in total. The van der Waals surface area contributed by atoms with E-state index < -0.39 is 34.2 Å². The molecule has 0 radical (unpaired) electrons. The lowest BCUT2D eigenvalue weighted by atomic mass is 10.1. The zero-order valence-corrected chi connectivity index (χ0v) is 11.7. The van der Waals surface area contributed by atoms with E-state index in [1.807, 2.05) is 0 Å². The van der Waals surface area contributed by atoms with E-state index in [1.54, 1.807) is 0 Å². The lowest BCUT2D eigenvalue weighted by molar-refractivity contribution is -0.142. The minimum Gasteiger partial charge on any atom is -0.480 e. The fourth-order valence-corrected chi connectivity index (χ4v) is 3.59. The lowest BCUT2D eigenvalue weighted by Crippen LogP contribution is -2.55. The van der Waals surface area contributed by atoms with E-state index in [0.717, 1.165) is 4.31 Å². The molecule has 9 heteroatoms. The van der Waals surface area contributed by atoms with Crippen LogP contribution in [0.5, 0.6) is 0 Å². The number of rotatable bonds is 5. The molecule has 1 heterocycles. The zero-order valence-electron chi connectivity index (χ0n) is 10.9. The van der Waals surface area contributed by atoms with Gasteiger partial charge >= 0.3 is 5.97 Å². The highest BCUT2D eigenvalue weighted by atomic mass is 32.2. The van der Waals surface area contributed by atoms with Gasteiger partial charge in [-0.1, -0.05) is 0 Å². The number of hydrogen-bond acceptors (Lipinski definition) is 4. The Morgan fingerprint density at radius 1 is 1.37 bits per heavy atom. The quantitative estimate of drug-likeness (QED) is 0.594. The molecule has 0 aliphatic carbocycles. The molecule has 1 saturated heterocycles. The SMILES string of the molecule is CNC(=O)C(C)NS(=O)(=O)N1CCCCC1C(=O)O. The standard InChI is InChI=1S/C10H19N3O5S/c1-7(9(14)11-2)12-19(17,18)13-6-4-3-5-8(13)10(15)16/h7-8,12H,3-6H2,1-2H3,(H,11,14)(H,15,16). The summed E-state index contributed by atoms with van der Waals surface area (Å²) in [6.07, 6.45) is 1.57. The summed E-state index contributed by atoms with van der Waals surface area (Å²) in [5.74, 6) is -1.65. The smallest absolute Gasteiger partial charge is 0.322 e. The number of nitrogens with one attached hydrogen (secondary N) is 2. The Bertz CT molecular complexity index is 450. The molecular weight excluding hydrogens is 274 g/mol. The van der Waals surface area contributed by atoms with Crippen molar-refractivity contribution in [1.82, 2.24) is 14.3 Å². The summed E-state index contributed by atoms with van der Waals surface area (Å²) in [7, 11) is -2.59. The van der Waals surface area contributed by atoms with Crippen LogP contribution >= 0.6 is 0 Å². The Kier molecular flexibility index (Phi) is 5.27. The van der Waals surface area contributed by atoms with E-state index in [1.165, 1.54) is 14.0 Å². The maximum atomic E-state index is 12.1. The molecule has 19 heavy (non-hydrogen) atoms. The topological polar surface area (TPSA) is 116 Å². The molecule has 0 bridgehead atoms. The average Bonchev–Trinajstić information content (AvgIpc) is 2.37. The van der Waals surface area contributed by atoms with Gasteiger partial charge in [-0.25, -0.2) is 0 Å². The summed E-state index contributed by atoms with van der Waals surface area (Å²) < 4.78 is 27.3. The average molecular weight is 293 g/mol. The first kappa shape index (κ1) is 15.9. The van der Waals surface area contributed by atoms with Crippen LogP contribution in [0.1, 0.15) is 26.2 Å². The number of hydrogen-bond donors (Lipinski definition) is 3. The van der Waals surface area contributed by atoms with Crippen molar-refractivity contribution in [3.8, 4) is 0 Å². The van der Waals surface area contributed by atoms with Gasteiger partial charge in [0, 0.05) is 13.6 Å². The van der Waals surface area contributed by atoms with Crippen LogP contribution in [0.3, 0.4) is 0 Å². The fraction of sp³-hybridized carbons (Fsp3) is 0.800. The van der Waals surface area contributed by atoms with E-state index >= 15 is 0 Å². The van der Waals surface area contributed by atoms with Crippen LogP contribution in [-0.4, -0.2) is 55.4 Å². The van der Waals surface area contributed by atoms with Gasteiger partial charge in [0.15, 0.2) is 0 Å². The number of carbonyl (C=O) groups is 2. The number of aliphatic carboxylic acids is 1. The molecule has 0 aromatic carbocycles. The third-order valence-corrected chi connectivity index (χ3v) is 4.72. The third-order valence-electron chi connectivity index (χ3n) is 3.01. The van der Waals surface area contributed by atoms with Crippen molar-refractivity contribution in [2.24, 2.45) is 0 Å². The Labute approximate surface area is 112 Å². The van der Waals surface area contributed by atoms with Gasteiger partial charge in [-0.05, 0) is 26.2 Å². The first-order chi connectivity index (χ1) is 8.79. The van der Waals surface area contributed by atoms with Crippen LogP contribution in [0.2, 0.25) is 0 Å². The summed E-state index contributed by atoms with van der Waals surface area (Å²) >= 11 is 0. The van der Waals surface area contributed by atoms with Crippen LogP contribution in [-0.2, 0) is 19.8 Å². The van der Waals surface area contributed by atoms with Crippen molar-refractivity contribution in [1.29, 1.82) is 0 Å². The highest BCUT2D eigenvalue weighted by Gasteiger charge is 2.37. The van der Waals surface area contributed by atoms with Gasteiger partial charge in [0.1, 0.15) is 6.04 Å². The van der Waals surface area contributed by atoms with Crippen molar-refractivity contribution in [3.63, 3.8) is 0 Å². The van der Waals surface area contributed by atoms with Crippen LogP contribution in [0.25, 0.3) is 0 Å². The Hall–Kier alpha value is -1.19. The monoisotopic (exact) mass is 293 g/mol. The second-order valence-electron chi connectivity index (χ2n) is 4.42. The van der Waals surface area contributed by atoms with Gasteiger partial charge in [-0.15, -0.1) is 0 Å². The molecule has 0 saturated carbocycles. The van der Waals surface area contributed by atoms with Gasteiger partial charge in [0.2, 0.25) is 5.91 Å². The number of carboxylic acids is 1. The molecule has 0 aromatic rings. The van der Waals surface area contributed by atoms with Crippen molar-refractivity contribution in [3.05, 3.63) is 0 Å². The van der Waals surface area contributed by atoms with Gasteiger partial charge < -0.3 is 10.4 Å². The Morgan fingerprint density at radius 3 is 2.53 bits per heavy atom. The number of nitrogens with zero attached hydrogens (tertiary/aromatic N) is 1. The van der Waals surface area contributed by atoms with Crippen LogP contribution < -0.4 is 10.0 Å². The van der Waals surface area contributed by atoms with Crippen molar-refractivity contribution in [2.45, 2.75) is 38.3 Å². The summed E-state index contributed by atoms with van der Waals surface area (Å²) in [6, 6.07) is -2.02. The van der Waals surface area contributed by atoms with E-state index in [4.69, 9.17) is 5.11 Å². The molecule has 0 spiro atoms. The first-order valence-electron chi connectivity index (χ1n) is 6.03. The first-order valence-corrected chi connectivity index (χ1v) is 7.47. The van der Waals surface area contributed by atoms with Crippen LogP contribution in [0, 0.1) is 0 Å². The summed E-state index contributed by atoms with van der Waals surface area (Å²) in [5, 5.41) is 11.4. The fourth-order valence-electron chi connectivity index (χ4n) is 2.00. The van der Waals surface area contributed by atoms with Crippen molar-refractivity contribution >= 4 is 22.1 Å². The minimum absolute atomic E-state index is 0.146. The predicted octanol–water partition coefficient (Wildman–Crippen LogP) is -1.11. The molecule has 1 rings (SSSR count). The Morgan fingerprint density at radius 2 is 2.00 bits per heavy atom. The molecular formula is C10H19N3O5S. The molecule has 8 nitrogen and oxygen atoms in total. The lowest BCUT2D eigenvalue weighted by Gasteiger charge is -2.32. The minimum atomic E-state index is -3.99. The molecule has 0 aromatic heterocycles. The van der Waals surface area contributed by atoms with Gasteiger partial charge in [0.05, 0.1) is 6.04 Å². The molecule has 2 unspecified atom stereocenters. The molecule has 1 fully saturated rings. The van der Waals surface area contributed by atoms with E-state index in [2.05, 4.69) is 10.0 Å². The second kappa shape index (κ2) is 6.31. The van der Waals surface area contributed by atoms with Gasteiger partial charge in [-0.3, -0.25) is 9.59 Å². The Balaban J connectivity index is 2.85. The van der Waals surface area contributed by atoms with E-state index in [9.17, 15) is 18.0 Å². The maximum Gasteiger partial charge on any atom is 0.322 e. The molecule has 1 aliphatic heterocycles. The number of carboxylic acid groups (broad SMARTS) is 1. The second-order valence-corrected chi connectivity index (χ2v) is 6.07. The number of piperidine rings is 1. The summed E-state index contributed by atoms with van der Waals surface area (Å²) in [4.78, 5) is 22.4. The summed E-state index contributed by atoms with van der Waals surface area (Å²) in [6.45, 7) is 1.54.